The second-order valence-electron chi connectivity index (χ2n) is 7.68. The van der Waals surface area contributed by atoms with Crippen molar-refractivity contribution in [1.29, 1.82) is 5.26 Å². The van der Waals surface area contributed by atoms with Crippen molar-refractivity contribution >= 4 is 29.0 Å². The van der Waals surface area contributed by atoms with Gasteiger partial charge >= 0.3 is 0 Å². The molecule has 1 heterocycles. The third-order valence-corrected chi connectivity index (χ3v) is 5.84. The number of rotatable bonds is 5. The Balaban J connectivity index is 1.58. The van der Waals surface area contributed by atoms with E-state index in [1.807, 2.05) is 54.6 Å². The summed E-state index contributed by atoms with van der Waals surface area (Å²) < 4.78 is 1.69. The monoisotopic (exact) mass is 452 g/mol. The zero-order chi connectivity index (χ0) is 22.9. The maximum Gasteiger partial charge on any atom is 0.249 e. The van der Waals surface area contributed by atoms with Crippen molar-refractivity contribution in [2.75, 3.05) is 5.32 Å². The molecule has 7 heteroatoms. The third kappa shape index (κ3) is 3.69. The fraction of sp³-hybridized carbons (Fsp3) is 0.0769. The number of hydrogen-bond donors (Lipinski definition) is 1. The minimum atomic E-state index is -1.53. The number of nitrogens with zero attached hydrogens (tertiary/aromatic N) is 3. The van der Waals surface area contributed by atoms with Crippen molar-refractivity contribution in [3.63, 3.8) is 0 Å². The van der Waals surface area contributed by atoms with E-state index in [0.717, 1.165) is 22.5 Å². The third-order valence-electron chi connectivity index (χ3n) is 5.61. The predicted octanol–water partition coefficient (Wildman–Crippen LogP) is 5.06. The number of para-hydroxylation sites is 2. The van der Waals surface area contributed by atoms with Crippen LogP contribution in [0.15, 0.2) is 78.9 Å². The number of carbonyl (C=O) groups is 2. The summed E-state index contributed by atoms with van der Waals surface area (Å²) in [6, 6.07) is 25.6. The summed E-state index contributed by atoms with van der Waals surface area (Å²) in [5.74, 6) is -2.84. The van der Waals surface area contributed by atoms with Crippen molar-refractivity contribution in [2.45, 2.75) is 6.42 Å². The van der Waals surface area contributed by atoms with E-state index in [1.165, 1.54) is 0 Å². The van der Waals surface area contributed by atoms with E-state index in [0.29, 0.717) is 22.7 Å². The van der Waals surface area contributed by atoms with Crippen LogP contribution in [0.2, 0.25) is 5.02 Å². The fourth-order valence-corrected chi connectivity index (χ4v) is 4.24. The number of amides is 1. The molecule has 0 fully saturated rings. The number of nitriles is 1. The Hall–Kier alpha value is -4.21. The molecule has 1 atom stereocenters. The number of aromatic nitrogens is 2. The van der Waals surface area contributed by atoms with Crippen molar-refractivity contribution < 1.29 is 9.59 Å². The van der Waals surface area contributed by atoms with Crippen LogP contribution < -0.4 is 5.32 Å². The fourth-order valence-electron chi connectivity index (χ4n) is 4.07. The highest BCUT2D eigenvalue weighted by Crippen LogP contribution is 2.41. The van der Waals surface area contributed by atoms with E-state index in [9.17, 15) is 14.9 Å². The number of benzene rings is 3. The number of nitrogens with one attached hydrogen (secondary N) is 1. The van der Waals surface area contributed by atoms with Crippen LogP contribution in [0.25, 0.3) is 16.9 Å². The first-order valence-corrected chi connectivity index (χ1v) is 10.7. The Morgan fingerprint density at radius 3 is 2.42 bits per heavy atom. The molecule has 0 saturated carbocycles. The number of fused-ring (bicyclic) bond motifs is 3. The van der Waals surface area contributed by atoms with Crippen molar-refractivity contribution in [1.82, 2.24) is 9.78 Å². The van der Waals surface area contributed by atoms with Gasteiger partial charge in [-0.2, -0.15) is 10.4 Å². The van der Waals surface area contributed by atoms with Crippen LogP contribution in [0, 0.1) is 17.2 Å². The van der Waals surface area contributed by atoms with Gasteiger partial charge in [0.05, 0.1) is 17.5 Å². The number of anilines is 1. The summed E-state index contributed by atoms with van der Waals surface area (Å²) in [7, 11) is 0. The summed E-state index contributed by atoms with van der Waals surface area (Å²) in [6.45, 7) is 0. The van der Waals surface area contributed by atoms with Crippen LogP contribution in [0.4, 0.5) is 5.69 Å². The zero-order valence-corrected chi connectivity index (χ0v) is 18.1. The van der Waals surface area contributed by atoms with Gasteiger partial charge in [0, 0.05) is 28.3 Å². The first-order chi connectivity index (χ1) is 16.1. The molecule has 1 amide bonds. The Kier molecular flexibility index (Phi) is 5.25. The lowest BCUT2D eigenvalue weighted by atomic mass is 9.98. The Morgan fingerprint density at radius 1 is 1.03 bits per heavy atom. The van der Waals surface area contributed by atoms with Gasteiger partial charge in [0.1, 0.15) is 5.69 Å². The lowest BCUT2D eigenvalue weighted by molar-refractivity contribution is -0.117. The summed E-state index contributed by atoms with van der Waals surface area (Å²) in [5, 5.41) is 17.5. The normalized spacial score (nSPS) is 12.4. The minimum absolute atomic E-state index is 0.121. The summed E-state index contributed by atoms with van der Waals surface area (Å²) in [5.41, 5.74) is 4.73. The molecule has 33 heavy (non-hydrogen) atoms. The molecule has 0 spiro atoms. The van der Waals surface area contributed by atoms with Crippen LogP contribution >= 0.6 is 11.6 Å². The zero-order valence-electron chi connectivity index (χ0n) is 17.3. The van der Waals surface area contributed by atoms with Gasteiger partial charge < -0.3 is 5.32 Å². The first-order valence-electron chi connectivity index (χ1n) is 10.3. The van der Waals surface area contributed by atoms with Gasteiger partial charge in [0.2, 0.25) is 11.7 Å². The van der Waals surface area contributed by atoms with E-state index in [-0.39, 0.29) is 5.69 Å². The van der Waals surface area contributed by atoms with E-state index in [4.69, 9.17) is 11.6 Å². The van der Waals surface area contributed by atoms with Gasteiger partial charge in [0.25, 0.3) is 0 Å². The SMILES string of the molecule is N#CC(C(=O)Nc1ccccc1)C(=O)c1nn(-c2ccccc2)c2c1Cc1ccc(Cl)cc1-2. The second-order valence-corrected chi connectivity index (χ2v) is 8.12. The lowest BCUT2D eigenvalue weighted by Crippen LogP contribution is -2.29. The predicted molar refractivity (Wildman–Crippen MR) is 125 cm³/mol. The molecule has 160 valence electrons. The van der Waals surface area contributed by atoms with E-state index < -0.39 is 17.6 Å². The lowest BCUT2D eigenvalue weighted by Gasteiger charge is -2.09. The highest BCUT2D eigenvalue weighted by Gasteiger charge is 2.36. The molecule has 0 bridgehead atoms. The van der Waals surface area contributed by atoms with Gasteiger partial charge in [-0.3, -0.25) is 9.59 Å². The maximum absolute atomic E-state index is 13.4. The summed E-state index contributed by atoms with van der Waals surface area (Å²) in [6.07, 6.45) is 0.466. The number of halogens is 1. The molecule has 0 saturated heterocycles. The summed E-state index contributed by atoms with van der Waals surface area (Å²) >= 11 is 6.26. The van der Waals surface area contributed by atoms with Crippen molar-refractivity contribution in [3.8, 4) is 23.0 Å². The molecule has 5 rings (SSSR count). The maximum atomic E-state index is 13.4. The molecule has 3 aromatic carbocycles. The van der Waals surface area contributed by atoms with Gasteiger partial charge in [-0.1, -0.05) is 54.1 Å². The molecule has 0 aliphatic heterocycles. The average molecular weight is 453 g/mol. The second kappa shape index (κ2) is 8.38. The Labute approximate surface area is 195 Å². The van der Waals surface area contributed by atoms with Crippen LogP contribution in [0.1, 0.15) is 21.6 Å². The molecule has 1 N–H and O–H groups in total. The topological polar surface area (TPSA) is 87.8 Å². The smallest absolute Gasteiger partial charge is 0.249 e. The average Bonchev–Trinajstić information content (AvgIpc) is 3.38. The molecule has 1 aromatic heterocycles. The van der Waals surface area contributed by atoms with Gasteiger partial charge in [-0.05, 0) is 42.0 Å². The van der Waals surface area contributed by atoms with Gasteiger partial charge in [-0.25, -0.2) is 4.68 Å². The standard InChI is InChI=1S/C26H17ClN4O2/c27-17-12-11-16-13-21-23(25(32)22(15-28)26(33)29-18-7-3-1-4-8-18)30-31(24(21)20(16)14-17)19-9-5-2-6-10-19/h1-12,14,22H,13H2,(H,29,33). The van der Waals surface area contributed by atoms with Crippen LogP contribution in [-0.2, 0) is 11.2 Å². The number of ketones is 1. The molecule has 4 aromatic rings. The molecule has 1 aliphatic rings. The first kappa shape index (κ1) is 20.7. The van der Waals surface area contributed by atoms with Crippen molar-refractivity contribution in [3.05, 3.63) is 101 Å². The highest BCUT2D eigenvalue weighted by atomic mass is 35.5. The summed E-state index contributed by atoms with van der Waals surface area (Å²) in [4.78, 5) is 26.2. The number of carbonyl (C=O) groups excluding carboxylic acids is 2. The van der Waals surface area contributed by atoms with Gasteiger partial charge in [0.15, 0.2) is 5.92 Å². The molecule has 1 unspecified atom stereocenters. The van der Waals surface area contributed by atoms with Crippen molar-refractivity contribution in [2.24, 2.45) is 5.92 Å². The largest absolute Gasteiger partial charge is 0.325 e. The Bertz CT molecular complexity index is 1420. The molecular formula is C26H17ClN4O2. The highest BCUT2D eigenvalue weighted by molar-refractivity contribution is 6.31. The number of Topliss-reactive ketones (excluding diaryl/α,β-unsaturated/α-hetero) is 1. The van der Waals surface area contributed by atoms with E-state index in [2.05, 4.69) is 10.4 Å². The number of hydrogen-bond acceptors (Lipinski definition) is 4. The van der Waals surface area contributed by atoms with Crippen LogP contribution in [-0.4, -0.2) is 21.5 Å². The molecule has 1 aliphatic carbocycles. The molecule has 6 nitrogen and oxygen atoms in total. The van der Waals surface area contributed by atoms with Crippen LogP contribution in [0.3, 0.4) is 0 Å². The Morgan fingerprint density at radius 2 is 1.73 bits per heavy atom. The minimum Gasteiger partial charge on any atom is -0.325 e. The van der Waals surface area contributed by atoms with Gasteiger partial charge in [-0.15, -0.1) is 0 Å². The van der Waals surface area contributed by atoms with E-state index >= 15 is 0 Å². The quantitative estimate of drug-likeness (QED) is 0.298. The van der Waals surface area contributed by atoms with E-state index in [1.54, 1.807) is 35.0 Å². The molecule has 0 radical (unpaired) electrons. The molecular weight excluding hydrogens is 436 g/mol. The van der Waals surface area contributed by atoms with Crippen LogP contribution in [0.5, 0.6) is 0 Å².